The molecule has 3 fully saturated rings. The number of hydrogen-bond acceptors (Lipinski definition) is 8. The van der Waals surface area contributed by atoms with E-state index < -0.39 is 0 Å². The van der Waals surface area contributed by atoms with E-state index in [-0.39, 0.29) is 11.9 Å². The Morgan fingerprint density at radius 1 is 0.950 bits per heavy atom. The molecule has 3 aromatic heterocycles. The van der Waals surface area contributed by atoms with Crippen LogP contribution in [0, 0.1) is 0 Å². The number of carbonyl (C=O) groups excluding carboxylic acids is 1. The predicted octanol–water partition coefficient (Wildman–Crippen LogP) is 3.20. The molecule has 7 rings (SSSR count). The number of likely N-dealkylation sites (tertiary alicyclic amines) is 2. The lowest BCUT2D eigenvalue weighted by Crippen LogP contribution is -2.60. The van der Waals surface area contributed by atoms with Crippen LogP contribution >= 0.6 is 0 Å². The molecule has 4 N–H and O–H groups in total. The molecule has 0 radical (unpaired) electrons. The molecule has 3 aliphatic heterocycles. The second-order valence-corrected chi connectivity index (χ2v) is 11.1. The number of anilines is 2. The van der Waals surface area contributed by atoms with Gasteiger partial charge in [0.25, 0.3) is 5.91 Å². The molecule has 0 saturated carbocycles. The highest BCUT2D eigenvalue weighted by Gasteiger charge is 2.38. The summed E-state index contributed by atoms with van der Waals surface area (Å²) < 4.78 is 2.14. The summed E-state index contributed by atoms with van der Waals surface area (Å²) in [6.45, 7) is 5.71. The van der Waals surface area contributed by atoms with Crippen molar-refractivity contribution in [1.29, 1.82) is 0 Å². The zero-order valence-corrected chi connectivity index (χ0v) is 22.5. The molecule has 10 nitrogen and oxygen atoms in total. The molecule has 0 aliphatic carbocycles. The van der Waals surface area contributed by atoms with Crippen LogP contribution in [-0.4, -0.2) is 79.9 Å². The summed E-state index contributed by atoms with van der Waals surface area (Å²) >= 11 is 0. The minimum Gasteiger partial charge on any atom is -0.382 e. The summed E-state index contributed by atoms with van der Waals surface area (Å²) in [5, 5.41) is 6.25. The Kier molecular flexibility index (Phi) is 6.66. The van der Waals surface area contributed by atoms with E-state index in [0.29, 0.717) is 23.2 Å². The number of nitrogens with two attached hydrogens (primary N) is 1. The number of rotatable bonds is 6. The van der Waals surface area contributed by atoms with Gasteiger partial charge >= 0.3 is 0 Å². The zero-order chi connectivity index (χ0) is 27.1. The molecule has 40 heavy (non-hydrogen) atoms. The monoisotopic (exact) mass is 537 g/mol. The van der Waals surface area contributed by atoms with E-state index in [1.165, 1.54) is 32.4 Å². The lowest BCUT2D eigenvalue weighted by atomic mass is 9.99. The van der Waals surface area contributed by atoms with Gasteiger partial charge in [-0.15, -0.1) is 0 Å². The molecule has 3 saturated heterocycles. The number of nitrogens with zero attached hydrogens (tertiary/aromatic N) is 6. The molecule has 1 aromatic carbocycles. The number of nitrogens with one attached hydrogen (secondary N) is 2. The normalized spacial score (nSPS) is 21.1. The third kappa shape index (κ3) is 4.61. The molecule has 4 aromatic rings. The highest BCUT2D eigenvalue weighted by atomic mass is 16.1. The number of aromatic nitrogens is 4. The van der Waals surface area contributed by atoms with Crippen molar-refractivity contribution in [2.75, 3.05) is 43.8 Å². The Hall–Kier alpha value is -3.86. The average molecular weight is 538 g/mol. The molecule has 206 valence electrons. The topological polar surface area (TPSA) is 117 Å². The molecule has 1 atom stereocenters. The quantitative estimate of drug-likeness (QED) is 0.343. The van der Waals surface area contributed by atoms with Gasteiger partial charge < -0.3 is 16.4 Å². The average Bonchev–Trinajstić information content (AvgIpc) is 3.59. The zero-order valence-electron chi connectivity index (χ0n) is 22.5. The Labute approximate surface area is 233 Å². The van der Waals surface area contributed by atoms with Crippen molar-refractivity contribution in [3.63, 3.8) is 0 Å². The van der Waals surface area contributed by atoms with Gasteiger partial charge in [-0.1, -0.05) is 18.2 Å². The van der Waals surface area contributed by atoms with Crippen molar-refractivity contribution < 1.29 is 4.79 Å². The highest BCUT2D eigenvalue weighted by Crippen LogP contribution is 2.39. The number of imidazole rings is 1. The third-order valence-corrected chi connectivity index (χ3v) is 8.77. The lowest BCUT2D eigenvalue weighted by Gasteiger charge is -2.44. The second kappa shape index (κ2) is 10.6. The molecule has 0 unspecified atom stereocenters. The summed E-state index contributed by atoms with van der Waals surface area (Å²) in [5.74, 6) is 1.80. The van der Waals surface area contributed by atoms with Gasteiger partial charge in [0.15, 0.2) is 0 Å². The van der Waals surface area contributed by atoms with Crippen molar-refractivity contribution in [1.82, 2.24) is 34.5 Å². The summed E-state index contributed by atoms with van der Waals surface area (Å²) in [6.07, 6.45) is 10.0. The van der Waals surface area contributed by atoms with E-state index in [1.54, 1.807) is 18.5 Å². The number of piperidine rings is 1. The van der Waals surface area contributed by atoms with Crippen molar-refractivity contribution in [2.45, 2.75) is 43.8 Å². The molecular weight excluding hydrogens is 502 g/mol. The van der Waals surface area contributed by atoms with Crippen LogP contribution < -0.4 is 16.4 Å². The van der Waals surface area contributed by atoms with Crippen LogP contribution in [-0.2, 0) is 0 Å². The van der Waals surface area contributed by atoms with Crippen LogP contribution in [0.25, 0.3) is 16.8 Å². The summed E-state index contributed by atoms with van der Waals surface area (Å²) in [4.78, 5) is 31.9. The number of amides is 1. The fourth-order valence-corrected chi connectivity index (χ4v) is 6.55. The highest BCUT2D eigenvalue weighted by molar-refractivity contribution is 6.04. The van der Waals surface area contributed by atoms with Gasteiger partial charge in [-0.25, -0.2) is 15.0 Å². The number of carbonyl (C=O) groups is 1. The largest absolute Gasteiger partial charge is 0.382 e. The first-order chi connectivity index (χ1) is 19.7. The van der Waals surface area contributed by atoms with Gasteiger partial charge in [0.2, 0.25) is 0 Å². The number of hydrogen-bond donors (Lipinski definition) is 3. The van der Waals surface area contributed by atoms with Gasteiger partial charge in [-0.3, -0.25) is 19.0 Å². The van der Waals surface area contributed by atoms with Crippen LogP contribution in [0.1, 0.15) is 47.9 Å². The van der Waals surface area contributed by atoms with Gasteiger partial charge in [0, 0.05) is 68.0 Å². The Bertz CT molecular complexity index is 1490. The smallest absolute Gasteiger partial charge is 0.256 e. The Balaban J connectivity index is 1.15. The maximum Gasteiger partial charge on any atom is 0.256 e. The Morgan fingerprint density at radius 3 is 2.50 bits per heavy atom. The molecule has 3 aliphatic rings. The molecule has 0 bridgehead atoms. The van der Waals surface area contributed by atoms with Gasteiger partial charge in [-0.2, -0.15) is 0 Å². The van der Waals surface area contributed by atoms with Crippen molar-refractivity contribution in [3.8, 4) is 11.3 Å². The van der Waals surface area contributed by atoms with Crippen molar-refractivity contribution >= 4 is 23.1 Å². The number of fused-ring (bicyclic) bond motifs is 1. The first-order valence-corrected chi connectivity index (χ1v) is 14.3. The van der Waals surface area contributed by atoms with Crippen LogP contribution in [0.3, 0.4) is 0 Å². The maximum absolute atomic E-state index is 12.8. The van der Waals surface area contributed by atoms with Crippen LogP contribution in [0.15, 0.2) is 61.1 Å². The fourth-order valence-electron chi connectivity index (χ4n) is 6.55. The standard InChI is InChI=1S/C30H35N9O/c31-28-27-26(20-6-8-21(9-7-20)30(40)35-25-5-1-2-12-33-25)36-29(39(27)17-13-34-28)24-4-3-14-38(24)22-10-15-37(16-11-22)23-18-32-19-23/h1-2,5-9,12-13,17,22-24,32H,3-4,10-11,14-16,18-19H2,(H2,31,34)(H,33,35,40)/t24-/m0/s1. The number of pyridine rings is 1. The minimum absolute atomic E-state index is 0.206. The first kappa shape index (κ1) is 25.1. The third-order valence-electron chi connectivity index (χ3n) is 8.77. The van der Waals surface area contributed by atoms with Crippen LogP contribution in [0.2, 0.25) is 0 Å². The number of nitrogen functional groups attached to an aromatic ring is 1. The van der Waals surface area contributed by atoms with E-state index >= 15 is 0 Å². The summed E-state index contributed by atoms with van der Waals surface area (Å²) in [5.41, 5.74) is 9.53. The van der Waals surface area contributed by atoms with Crippen molar-refractivity contribution in [3.05, 3.63) is 72.4 Å². The van der Waals surface area contributed by atoms with Crippen LogP contribution in [0.4, 0.5) is 11.6 Å². The SMILES string of the molecule is Nc1nccn2c([C@@H]3CCCN3C3CCN(C4CNC4)CC3)nc(-c3ccc(C(=O)Nc4ccccn4)cc3)c12. The number of benzene rings is 1. The maximum atomic E-state index is 12.8. The lowest BCUT2D eigenvalue weighted by molar-refractivity contribution is 0.0584. The predicted molar refractivity (Wildman–Crippen MR) is 155 cm³/mol. The second-order valence-electron chi connectivity index (χ2n) is 11.1. The molecule has 0 spiro atoms. The van der Waals surface area contributed by atoms with E-state index in [2.05, 4.69) is 34.8 Å². The van der Waals surface area contributed by atoms with E-state index in [1.807, 2.05) is 42.6 Å². The minimum atomic E-state index is -0.206. The molecule has 1 amide bonds. The molecule has 6 heterocycles. The van der Waals surface area contributed by atoms with Crippen LogP contribution in [0.5, 0.6) is 0 Å². The Morgan fingerprint density at radius 2 is 1.77 bits per heavy atom. The first-order valence-electron chi connectivity index (χ1n) is 14.3. The van der Waals surface area contributed by atoms with Gasteiger partial charge in [-0.05, 0) is 56.5 Å². The summed E-state index contributed by atoms with van der Waals surface area (Å²) in [7, 11) is 0. The fraction of sp³-hybridized carbons (Fsp3) is 0.400. The van der Waals surface area contributed by atoms with E-state index in [9.17, 15) is 4.79 Å². The van der Waals surface area contributed by atoms with Gasteiger partial charge in [0.05, 0.1) is 6.04 Å². The van der Waals surface area contributed by atoms with E-state index in [4.69, 9.17) is 10.7 Å². The summed E-state index contributed by atoms with van der Waals surface area (Å²) in [6, 6.07) is 14.5. The molecular formula is C30H35N9O. The van der Waals surface area contributed by atoms with E-state index in [0.717, 1.165) is 54.7 Å². The van der Waals surface area contributed by atoms with Gasteiger partial charge in [0.1, 0.15) is 28.7 Å². The van der Waals surface area contributed by atoms with Crippen molar-refractivity contribution in [2.24, 2.45) is 0 Å². The molecule has 10 heteroatoms.